The monoisotopic (exact) mass is 349 g/mol. The third-order valence-corrected chi connectivity index (χ3v) is 5.45. The molecule has 2 aliphatic rings. The van der Waals surface area contributed by atoms with Gasteiger partial charge in [0.2, 0.25) is 11.8 Å². The molecule has 5 heteroatoms. The average Bonchev–Trinajstić information content (AvgIpc) is 3.28. The van der Waals surface area contributed by atoms with E-state index < -0.39 is 0 Å². The second-order valence-corrected chi connectivity index (χ2v) is 7.22. The zero-order chi connectivity index (χ0) is 18.1. The zero-order valence-corrected chi connectivity index (χ0v) is 14.9. The third kappa shape index (κ3) is 3.21. The van der Waals surface area contributed by atoms with Gasteiger partial charge in [-0.05, 0) is 67.1 Å². The molecular weight excluding hydrogens is 326 g/mol. The number of pyridine rings is 1. The van der Waals surface area contributed by atoms with E-state index in [0.717, 1.165) is 24.1 Å². The minimum absolute atomic E-state index is 0.0275. The predicted octanol–water partition coefficient (Wildman–Crippen LogP) is 2.80. The van der Waals surface area contributed by atoms with Gasteiger partial charge in [0.25, 0.3) is 0 Å². The summed E-state index contributed by atoms with van der Waals surface area (Å²) >= 11 is 0. The summed E-state index contributed by atoms with van der Waals surface area (Å²) in [5.41, 5.74) is 4.66. The van der Waals surface area contributed by atoms with Crippen LogP contribution in [0.5, 0.6) is 0 Å². The highest BCUT2D eigenvalue weighted by Gasteiger charge is 2.35. The first-order chi connectivity index (χ1) is 12.6. The summed E-state index contributed by atoms with van der Waals surface area (Å²) in [6, 6.07) is 9.95. The molecule has 1 saturated heterocycles. The lowest BCUT2D eigenvalue weighted by Crippen LogP contribution is -2.34. The number of fused-ring (bicyclic) bond motifs is 1. The van der Waals surface area contributed by atoms with E-state index in [1.807, 2.05) is 25.1 Å². The molecule has 1 aliphatic heterocycles. The van der Waals surface area contributed by atoms with Crippen molar-refractivity contribution in [2.75, 3.05) is 11.4 Å². The number of nitrogens with zero attached hydrogens (tertiary/aromatic N) is 2. The maximum Gasteiger partial charge on any atom is 0.227 e. The number of amides is 2. The number of aromatic nitrogens is 1. The Kier molecular flexibility index (Phi) is 4.45. The maximum atomic E-state index is 12.6. The Morgan fingerprint density at radius 1 is 1.19 bits per heavy atom. The fraction of sp³-hybridized carbons (Fsp3) is 0.381. The molecule has 1 fully saturated rings. The highest BCUT2D eigenvalue weighted by atomic mass is 16.2. The highest BCUT2D eigenvalue weighted by molar-refractivity contribution is 6.00. The zero-order valence-electron chi connectivity index (χ0n) is 14.9. The molecule has 0 spiro atoms. The number of aryl methyl sites for hydroxylation is 2. The van der Waals surface area contributed by atoms with E-state index in [1.165, 1.54) is 17.5 Å². The number of carbonyl (C=O) groups is 2. The lowest BCUT2D eigenvalue weighted by atomic mass is 10.1. The molecule has 0 saturated carbocycles. The lowest BCUT2D eigenvalue weighted by molar-refractivity contribution is -0.126. The van der Waals surface area contributed by atoms with E-state index in [2.05, 4.69) is 22.4 Å². The minimum atomic E-state index is -0.306. The van der Waals surface area contributed by atoms with Crippen LogP contribution in [0.4, 0.5) is 5.69 Å². The van der Waals surface area contributed by atoms with E-state index in [9.17, 15) is 9.59 Å². The quantitative estimate of drug-likeness (QED) is 0.923. The lowest BCUT2D eigenvalue weighted by Gasteiger charge is -2.19. The van der Waals surface area contributed by atoms with Gasteiger partial charge in [-0.3, -0.25) is 14.6 Å². The van der Waals surface area contributed by atoms with Crippen molar-refractivity contribution in [3.8, 4) is 0 Å². The van der Waals surface area contributed by atoms with Crippen molar-refractivity contribution < 1.29 is 9.59 Å². The van der Waals surface area contributed by atoms with Gasteiger partial charge in [0.1, 0.15) is 0 Å². The van der Waals surface area contributed by atoms with E-state index >= 15 is 0 Å². The van der Waals surface area contributed by atoms with Crippen molar-refractivity contribution in [1.82, 2.24) is 10.3 Å². The first kappa shape index (κ1) is 16.8. The fourth-order valence-electron chi connectivity index (χ4n) is 3.93. The summed E-state index contributed by atoms with van der Waals surface area (Å²) in [5, 5.41) is 3.03. The number of nitrogens with one attached hydrogen (secondary N) is 1. The first-order valence-corrected chi connectivity index (χ1v) is 9.24. The minimum Gasteiger partial charge on any atom is -0.349 e. The summed E-state index contributed by atoms with van der Waals surface area (Å²) in [6.45, 7) is 2.40. The van der Waals surface area contributed by atoms with Gasteiger partial charge in [0, 0.05) is 31.0 Å². The molecule has 2 atom stereocenters. The van der Waals surface area contributed by atoms with E-state index in [-0.39, 0.29) is 30.2 Å². The van der Waals surface area contributed by atoms with Gasteiger partial charge >= 0.3 is 0 Å². The second kappa shape index (κ2) is 6.90. The molecule has 1 aromatic carbocycles. The van der Waals surface area contributed by atoms with Gasteiger partial charge in [-0.25, -0.2) is 0 Å². The largest absolute Gasteiger partial charge is 0.349 e. The van der Waals surface area contributed by atoms with E-state index in [1.54, 1.807) is 17.3 Å². The van der Waals surface area contributed by atoms with Crippen LogP contribution in [-0.2, 0) is 22.4 Å². The number of hydrogen-bond acceptors (Lipinski definition) is 3. The molecule has 1 aliphatic carbocycles. The molecule has 0 unspecified atom stereocenters. The highest BCUT2D eigenvalue weighted by Crippen LogP contribution is 2.30. The number of hydrogen-bond donors (Lipinski definition) is 1. The van der Waals surface area contributed by atoms with Crippen LogP contribution < -0.4 is 10.2 Å². The summed E-state index contributed by atoms with van der Waals surface area (Å²) in [7, 11) is 0. The molecule has 0 bridgehead atoms. The topological polar surface area (TPSA) is 62.3 Å². The van der Waals surface area contributed by atoms with Crippen LogP contribution in [0.15, 0.2) is 42.7 Å². The fourth-order valence-corrected chi connectivity index (χ4v) is 3.93. The molecule has 134 valence electrons. The van der Waals surface area contributed by atoms with Crippen LogP contribution in [-0.4, -0.2) is 23.3 Å². The molecule has 2 aromatic rings. The standard InChI is InChI=1S/C21H23N3O2/c1-14(15-7-9-22-10-8-15)23-21(26)18-12-20(25)24(13-18)19-6-5-16-3-2-4-17(16)11-19/h5-11,14,18H,2-4,12-13H2,1H3,(H,23,26)/t14-,18-/m0/s1. The second-order valence-electron chi connectivity index (χ2n) is 7.22. The van der Waals surface area contributed by atoms with Crippen molar-refractivity contribution in [2.24, 2.45) is 5.92 Å². The maximum absolute atomic E-state index is 12.6. The van der Waals surface area contributed by atoms with Crippen LogP contribution >= 0.6 is 0 Å². The molecule has 2 heterocycles. The van der Waals surface area contributed by atoms with Crippen LogP contribution in [0.25, 0.3) is 0 Å². The third-order valence-electron chi connectivity index (χ3n) is 5.45. The molecule has 4 rings (SSSR count). The Bertz CT molecular complexity index is 834. The number of carbonyl (C=O) groups excluding carboxylic acids is 2. The van der Waals surface area contributed by atoms with Crippen molar-refractivity contribution in [3.05, 3.63) is 59.4 Å². The molecule has 2 amide bonds. The van der Waals surface area contributed by atoms with Crippen molar-refractivity contribution >= 4 is 17.5 Å². The number of rotatable bonds is 4. The van der Waals surface area contributed by atoms with Gasteiger partial charge < -0.3 is 10.2 Å². The van der Waals surface area contributed by atoms with Crippen LogP contribution in [0, 0.1) is 5.92 Å². The number of benzene rings is 1. The summed E-state index contributed by atoms with van der Waals surface area (Å²) in [4.78, 5) is 30.9. The molecule has 5 nitrogen and oxygen atoms in total. The van der Waals surface area contributed by atoms with E-state index in [0.29, 0.717) is 6.54 Å². The van der Waals surface area contributed by atoms with Crippen molar-refractivity contribution in [1.29, 1.82) is 0 Å². The van der Waals surface area contributed by atoms with Crippen molar-refractivity contribution in [3.63, 3.8) is 0 Å². The SMILES string of the molecule is C[C@H](NC(=O)[C@H]1CC(=O)N(c2ccc3c(c2)CCC3)C1)c1ccncc1. The van der Waals surface area contributed by atoms with E-state index in [4.69, 9.17) is 0 Å². The Hall–Kier alpha value is -2.69. The predicted molar refractivity (Wildman–Crippen MR) is 99.7 cm³/mol. The summed E-state index contributed by atoms with van der Waals surface area (Å²) in [6.07, 6.45) is 7.09. The number of anilines is 1. The summed E-state index contributed by atoms with van der Waals surface area (Å²) < 4.78 is 0. The Morgan fingerprint density at radius 2 is 1.96 bits per heavy atom. The first-order valence-electron chi connectivity index (χ1n) is 9.24. The average molecular weight is 349 g/mol. The van der Waals surface area contributed by atoms with Crippen LogP contribution in [0.3, 0.4) is 0 Å². The van der Waals surface area contributed by atoms with Gasteiger partial charge in [0.15, 0.2) is 0 Å². The van der Waals surface area contributed by atoms with Gasteiger partial charge in [-0.2, -0.15) is 0 Å². The summed E-state index contributed by atoms with van der Waals surface area (Å²) in [5.74, 6) is -0.342. The van der Waals surface area contributed by atoms with Crippen LogP contribution in [0.2, 0.25) is 0 Å². The Balaban J connectivity index is 1.43. The molecular formula is C21H23N3O2. The van der Waals surface area contributed by atoms with Gasteiger partial charge in [-0.15, -0.1) is 0 Å². The Morgan fingerprint density at radius 3 is 2.77 bits per heavy atom. The smallest absolute Gasteiger partial charge is 0.227 e. The molecule has 26 heavy (non-hydrogen) atoms. The Labute approximate surface area is 153 Å². The van der Waals surface area contributed by atoms with Gasteiger partial charge in [-0.1, -0.05) is 6.07 Å². The molecule has 1 N–H and O–H groups in total. The van der Waals surface area contributed by atoms with Crippen LogP contribution in [0.1, 0.15) is 42.5 Å². The molecule has 0 radical (unpaired) electrons. The normalized spacial score (nSPS) is 20.1. The van der Waals surface area contributed by atoms with Gasteiger partial charge in [0.05, 0.1) is 12.0 Å². The molecule has 1 aromatic heterocycles. The van der Waals surface area contributed by atoms with Crippen molar-refractivity contribution in [2.45, 2.75) is 38.6 Å².